The summed E-state index contributed by atoms with van der Waals surface area (Å²) >= 11 is 13.4. The molecule has 4 nitrogen and oxygen atoms in total. The molecule has 1 aromatic heterocycles. The van der Waals surface area contributed by atoms with Crippen LogP contribution in [0.1, 0.15) is 12.7 Å². The van der Waals surface area contributed by atoms with Gasteiger partial charge in [0.05, 0.1) is 21.5 Å². The Bertz CT molecular complexity index is 949. The molecule has 0 radical (unpaired) electrons. The quantitative estimate of drug-likeness (QED) is 0.480. The molecule has 128 valence electrons. The van der Waals surface area contributed by atoms with Crippen molar-refractivity contribution in [1.29, 1.82) is 0 Å². The maximum atomic E-state index is 12.5. The number of carbonyl (C=O) groups excluding carboxylic acids is 1. The third kappa shape index (κ3) is 4.24. The number of para-hydroxylation sites is 1. The lowest BCUT2D eigenvalue weighted by molar-refractivity contribution is -0.115. The molecule has 1 heterocycles. The molecule has 0 spiro atoms. The summed E-state index contributed by atoms with van der Waals surface area (Å²) in [6.07, 6.45) is 0. The number of carbonyl (C=O) groups is 1. The lowest BCUT2D eigenvalue weighted by Crippen LogP contribution is -2.22. The summed E-state index contributed by atoms with van der Waals surface area (Å²) in [5.74, 6) is 0.501. The van der Waals surface area contributed by atoms with Gasteiger partial charge in [-0.05, 0) is 38.1 Å². The van der Waals surface area contributed by atoms with E-state index in [4.69, 9.17) is 23.2 Å². The number of aryl methyl sites for hydroxylation is 1. The number of hydrogen-bond acceptors (Lipinski definition) is 4. The Kier molecular flexibility index (Phi) is 5.47. The van der Waals surface area contributed by atoms with E-state index < -0.39 is 0 Å². The Hall–Kier alpha value is -1.82. The van der Waals surface area contributed by atoms with Crippen LogP contribution in [0.2, 0.25) is 10.0 Å². The van der Waals surface area contributed by atoms with E-state index >= 15 is 0 Å². The maximum Gasteiger partial charge on any atom is 0.237 e. The van der Waals surface area contributed by atoms with E-state index in [9.17, 15) is 4.79 Å². The smallest absolute Gasteiger partial charge is 0.237 e. The van der Waals surface area contributed by atoms with Crippen molar-refractivity contribution in [2.24, 2.45) is 0 Å². The highest BCUT2D eigenvalue weighted by molar-refractivity contribution is 8.00. The predicted octanol–water partition coefficient (Wildman–Crippen LogP) is 5.36. The van der Waals surface area contributed by atoms with Gasteiger partial charge < -0.3 is 5.32 Å². The van der Waals surface area contributed by atoms with Crippen molar-refractivity contribution >= 4 is 57.5 Å². The Morgan fingerprint density at radius 2 is 1.92 bits per heavy atom. The Balaban J connectivity index is 1.81. The van der Waals surface area contributed by atoms with Crippen molar-refractivity contribution in [3.8, 4) is 0 Å². The summed E-state index contributed by atoms with van der Waals surface area (Å²) in [7, 11) is 0. The number of aromatic nitrogens is 2. The normalized spacial score (nSPS) is 12.2. The van der Waals surface area contributed by atoms with Crippen LogP contribution in [-0.2, 0) is 4.79 Å². The van der Waals surface area contributed by atoms with Crippen molar-refractivity contribution in [1.82, 2.24) is 9.97 Å². The average molecular weight is 392 g/mol. The molecule has 0 saturated carbocycles. The van der Waals surface area contributed by atoms with Crippen LogP contribution in [0, 0.1) is 6.92 Å². The second-order valence-electron chi connectivity index (χ2n) is 5.47. The van der Waals surface area contributed by atoms with E-state index in [2.05, 4.69) is 15.3 Å². The molecular weight excluding hydrogens is 377 g/mol. The van der Waals surface area contributed by atoms with Gasteiger partial charge in [-0.2, -0.15) is 0 Å². The van der Waals surface area contributed by atoms with Crippen LogP contribution in [0.3, 0.4) is 0 Å². The molecule has 1 atom stereocenters. The number of nitrogens with one attached hydrogen (secondary N) is 1. The van der Waals surface area contributed by atoms with Crippen molar-refractivity contribution in [3.63, 3.8) is 0 Å². The second-order valence-corrected chi connectivity index (χ2v) is 7.64. The van der Waals surface area contributed by atoms with Crippen molar-refractivity contribution in [3.05, 3.63) is 58.3 Å². The van der Waals surface area contributed by atoms with Gasteiger partial charge in [-0.25, -0.2) is 9.97 Å². The zero-order valence-electron chi connectivity index (χ0n) is 13.6. The summed E-state index contributed by atoms with van der Waals surface area (Å²) < 4.78 is 0. The first-order valence-electron chi connectivity index (χ1n) is 7.60. The molecule has 0 aliphatic heterocycles. The van der Waals surface area contributed by atoms with E-state index in [-0.39, 0.29) is 11.2 Å². The predicted molar refractivity (Wildman–Crippen MR) is 105 cm³/mol. The molecule has 1 amide bonds. The van der Waals surface area contributed by atoms with Gasteiger partial charge in [-0.15, -0.1) is 0 Å². The SMILES string of the molecule is Cc1nc(S[C@@H](C)C(=O)Nc2cc(Cl)ccc2Cl)c2ccccc2n1. The zero-order chi connectivity index (χ0) is 18.0. The molecule has 3 aromatic rings. The third-order valence-electron chi connectivity index (χ3n) is 3.52. The molecule has 0 aliphatic rings. The standard InChI is InChI=1S/C18H15Cl2N3OS/c1-10(17(24)23-16-9-12(19)7-8-14(16)20)25-18-13-5-3-4-6-15(13)21-11(2)22-18/h3-10H,1-2H3,(H,23,24)/t10-/m0/s1. The Morgan fingerprint density at radius 1 is 1.16 bits per heavy atom. The number of thioether (sulfide) groups is 1. The summed E-state index contributed by atoms with van der Waals surface area (Å²) in [6, 6.07) is 12.7. The number of benzene rings is 2. The van der Waals surface area contributed by atoms with Gasteiger partial charge in [0.1, 0.15) is 10.9 Å². The minimum atomic E-state index is -0.368. The number of fused-ring (bicyclic) bond motifs is 1. The zero-order valence-corrected chi connectivity index (χ0v) is 15.9. The molecule has 2 aromatic carbocycles. The lowest BCUT2D eigenvalue weighted by Gasteiger charge is -2.14. The summed E-state index contributed by atoms with van der Waals surface area (Å²) in [4.78, 5) is 21.4. The van der Waals surface area contributed by atoms with E-state index in [0.29, 0.717) is 21.6 Å². The highest BCUT2D eigenvalue weighted by Crippen LogP contribution is 2.30. The van der Waals surface area contributed by atoms with Crippen molar-refractivity contribution in [2.45, 2.75) is 24.1 Å². The minimum absolute atomic E-state index is 0.172. The number of nitrogens with zero attached hydrogens (tertiary/aromatic N) is 2. The van der Waals surface area contributed by atoms with Gasteiger partial charge in [-0.1, -0.05) is 53.2 Å². The monoisotopic (exact) mass is 391 g/mol. The lowest BCUT2D eigenvalue weighted by atomic mass is 10.2. The second kappa shape index (κ2) is 7.60. The first-order chi connectivity index (χ1) is 11.9. The molecule has 25 heavy (non-hydrogen) atoms. The Labute approximate surface area is 160 Å². The average Bonchev–Trinajstić information content (AvgIpc) is 2.58. The molecule has 7 heteroatoms. The number of amides is 1. The fraction of sp³-hybridized carbons (Fsp3) is 0.167. The highest BCUT2D eigenvalue weighted by Gasteiger charge is 2.18. The van der Waals surface area contributed by atoms with Gasteiger partial charge in [-0.3, -0.25) is 4.79 Å². The number of rotatable bonds is 4. The van der Waals surface area contributed by atoms with Crippen LogP contribution < -0.4 is 5.32 Å². The molecule has 3 rings (SSSR count). The number of halogens is 2. The molecule has 0 aliphatic carbocycles. The summed E-state index contributed by atoms with van der Waals surface area (Å²) in [5, 5.41) is 5.11. The molecular formula is C18H15Cl2N3OS. The van der Waals surface area contributed by atoms with Crippen molar-refractivity contribution < 1.29 is 4.79 Å². The fourth-order valence-electron chi connectivity index (χ4n) is 2.30. The third-order valence-corrected chi connectivity index (χ3v) is 5.19. The van der Waals surface area contributed by atoms with Gasteiger partial charge in [0, 0.05) is 10.4 Å². The van der Waals surface area contributed by atoms with Crippen LogP contribution >= 0.6 is 35.0 Å². The van der Waals surface area contributed by atoms with Gasteiger partial charge in [0.15, 0.2) is 0 Å². The summed E-state index contributed by atoms with van der Waals surface area (Å²) in [5.41, 5.74) is 1.36. The molecule has 1 N–H and O–H groups in total. The van der Waals surface area contributed by atoms with Crippen LogP contribution in [0.4, 0.5) is 5.69 Å². The first kappa shape index (κ1) is 18.0. The minimum Gasteiger partial charge on any atom is -0.324 e. The van der Waals surface area contributed by atoms with Gasteiger partial charge >= 0.3 is 0 Å². The van der Waals surface area contributed by atoms with E-state index in [1.807, 2.05) is 38.1 Å². The fourth-order valence-corrected chi connectivity index (χ4v) is 3.62. The van der Waals surface area contributed by atoms with E-state index in [1.165, 1.54) is 11.8 Å². The number of anilines is 1. The van der Waals surface area contributed by atoms with Crippen LogP contribution in [0.5, 0.6) is 0 Å². The Morgan fingerprint density at radius 3 is 2.72 bits per heavy atom. The topological polar surface area (TPSA) is 54.9 Å². The molecule has 0 bridgehead atoms. The molecule has 0 fully saturated rings. The van der Waals surface area contributed by atoms with Gasteiger partial charge in [0.25, 0.3) is 0 Å². The molecule has 0 unspecified atom stereocenters. The van der Waals surface area contributed by atoms with Crippen LogP contribution in [0.25, 0.3) is 10.9 Å². The van der Waals surface area contributed by atoms with Crippen molar-refractivity contribution in [2.75, 3.05) is 5.32 Å². The maximum absolute atomic E-state index is 12.5. The first-order valence-corrected chi connectivity index (χ1v) is 9.23. The largest absolute Gasteiger partial charge is 0.324 e. The van der Waals surface area contributed by atoms with E-state index in [1.54, 1.807) is 18.2 Å². The van der Waals surface area contributed by atoms with Crippen LogP contribution in [-0.4, -0.2) is 21.1 Å². The highest BCUT2D eigenvalue weighted by atomic mass is 35.5. The van der Waals surface area contributed by atoms with Crippen LogP contribution in [0.15, 0.2) is 47.5 Å². The summed E-state index contributed by atoms with van der Waals surface area (Å²) in [6.45, 7) is 3.66. The molecule has 0 saturated heterocycles. The van der Waals surface area contributed by atoms with E-state index in [0.717, 1.165) is 15.9 Å². The number of hydrogen-bond donors (Lipinski definition) is 1. The van der Waals surface area contributed by atoms with Gasteiger partial charge in [0.2, 0.25) is 5.91 Å².